The maximum Gasteiger partial charge on any atom is 0.220 e. The van der Waals surface area contributed by atoms with Gasteiger partial charge >= 0.3 is 0 Å². The molecule has 0 fully saturated rings. The van der Waals surface area contributed by atoms with Gasteiger partial charge in [-0.05, 0) is 57.8 Å². The summed E-state index contributed by atoms with van der Waals surface area (Å²) in [6.07, 6.45) is 63.3. The Morgan fingerprint density at radius 2 is 0.849 bits per heavy atom. The van der Waals surface area contributed by atoms with E-state index in [2.05, 4.69) is 73.8 Å². The van der Waals surface area contributed by atoms with Gasteiger partial charge in [0.15, 0.2) is 0 Å². The van der Waals surface area contributed by atoms with E-state index in [0.29, 0.717) is 12.8 Å². The van der Waals surface area contributed by atoms with E-state index in [4.69, 9.17) is 0 Å². The van der Waals surface area contributed by atoms with Gasteiger partial charge in [-0.1, -0.05) is 222 Å². The Kier molecular flexibility index (Phi) is 42.4. The predicted octanol–water partition coefficient (Wildman–Crippen LogP) is 14.3. The molecule has 53 heavy (non-hydrogen) atoms. The largest absolute Gasteiger partial charge is 0.394 e. The lowest BCUT2D eigenvalue weighted by Gasteiger charge is -2.19. The molecule has 0 saturated heterocycles. The number of carbonyl (C=O) groups is 1. The summed E-state index contributed by atoms with van der Waals surface area (Å²) in [5.74, 6) is -0.155. The van der Waals surface area contributed by atoms with Crippen LogP contribution in [0, 0.1) is 0 Å². The molecule has 0 saturated carbocycles. The van der Waals surface area contributed by atoms with Crippen molar-refractivity contribution in [2.45, 2.75) is 225 Å². The van der Waals surface area contributed by atoms with Crippen molar-refractivity contribution in [2.75, 3.05) is 6.61 Å². The Hall–Kier alpha value is -2.17. The van der Waals surface area contributed by atoms with Crippen molar-refractivity contribution < 1.29 is 15.0 Å². The molecule has 3 N–H and O–H groups in total. The predicted molar refractivity (Wildman–Crippen MR) is 234 cm³/mol. The highest BCUT2D eigenvalue weighted by atomic mass is 16.3. The fourth-order valence-corrected chi connectivity index (χ4v) is 6.50. The van der Waals surface area contributed by atoms with Gasteiger partial charge in [0.05, 0.1) is 18.8 Å². The van der Waals surface area contributed by atoms with Gasteiger partial charge in [-0.3, -0.25) is 4.79 Å². The van der Waals surface area contributed by atoms with Crippen LogP contribution in [0.4, 0.5) is 0 Å². The van der Waals surface area contributed by atoms with Crippen LogP contribution in [0.3, 0.4) is 0 Å². The van der Waals surface area contributed by atoms with Crippen molar-refractivity contribution in [1.82, 2.24) is 5.32 Å². The molecule has 0 aromatic carbocycles. The van der Waals surface area contributed by atoms with Crippen LogP contribution in [-0.2, 0) is 4.79 Å². The zero-order valence-corrected chi connectivity index (χ0v) is 35.0. The number of hydrogen-bond acceptors (Lipinski definition) is 3. The number of unbranched alkanes of at least 4 members (excludes halogenated alkanes) is 23. The standard InChI is InChI=1S/C49H87NO3/c1-3-5-7-9-11-13-15-17-18-19-20-21-22-23-24-25-26-27-28-29-30-31-33-34-36-38-40-42-44-48(52)47(46-51)50-49(53)45-43-41-39-37-35-32-16-14-12-10-8-6-4-2/h6,8,12,14,32,34-36,39,41-42,44,47-48,51-52H,3-5,7,9-11,13,15-31,33,37-38,40,43,45-46H2,1-2H3,(H,50,53)/b8-6-,14-12-,35-32-,36-34+,41-39-,44-42+. The van der Waals surface area contributed by atoms with E-state index < -0.39 is 12.1 Å². The fraction of sp³-hybridized carbons (Fsp3) is 0.735. The molecule has 4 nitrogen and oxygen atoms in total. The molecule has 2 unspecified atom stereocenters. The van der Waals surface area contributed by atoms with Crippen LogP contribution in [-0.4, -0.2) is 34.9 Å². The second kappa shape index (κ2) is 44.2. The Morgan fingerprint density at radius 1 is 0.472 bits per heavy atom. The highest BCUT2D eigenvalue weighted by molar-refractivity contribution is 5.76. The molecule has 1 amide bonds. The number of hydrogen-bond donors (Lipinski definition) is 3. The molecule has 0 bridgehead atoms. The lowest BCUT2D eigenvalue weighted by atomic mass is 10.0. The van der Waals surface area contributed by atoms with E-state index >= 15 is 0 Å². The Balaban J connectivity index is 3.61. The first-order chi connectivity index (χ1) is 26.2. The van der Waals surface area contributed by atoms with Crippen LogP contribution in [0.2, 0.25) is 0 Å². The van der Waals surface area contributed by atoms with Crippen LogP contribution in [0.15, 0.2) is 72.9 Å². The van der Waals surface area contributed by atoms with E-state index in [9.17, 15) is 15.0 Å². The minimum absolute atomic E-state index is 0.155. The summed E-state index contributed by atoms with van der Waals surface area (Å²) in [6, 6.07) is -0.680. The maximum atomic E-state index is 12.3. The van der Waals surface area contributed by atoms with Crippen LogP contribution < -0.4 is 5.32 Å². The van der Waals surface area contributed by atoms with Crippen molar-refractivity contribution in [1.29, 1.82) is 0 Å². The lowest BCUT2D eigenvalue weighted by Crippen LogP contribution is -2.45. The summed E-state index contributed by atoms with van der Waals surface area (Å²) in [5, 5.41) is 22.9. The molecule has 0 aliphatic carbocycles. The number of nitrogens with one attached hydrogen (secondary N) is 1. The zero-order chi connectivity index (χ0) is 38.6. The topological polar surface area (TPSA) is 69.6 Å². The van der Waals surface area contributed by atoms with Crippen LogP contribution in [0.5, 0.6) is 0 Å². The average molecular weight is 738 g/mol. The van der Waals surface area contributed by atoms with Crippen molar-refractivity contribution in [3.05, 3.63) is 72.9 Å². The third kappa shape index (κ3) is 40.8. The molecule has 2 atom stereocenters. The summed E-state index contributed by atoms with van der Waals surface area (Å²) in [4.78, 5) is 12.3. The second-order valence-corrected chi connectivity index (χ2v) is 15.1. The lowest BCUT2D eigenvalue weighted by molar-refractivity contribution is -0.122. The van der Waals surface area contributed by atoms with Gasteiger partial charge in [-0.25, -0.2) is 0 Å². The Bertz CT molecular complexity index is 930. The maximum absolute atomic E-state index is 12.3. The molecular weight excluding hydrogens is 651 g/mol. The van der Waals surface area contributed by atoms with Gasteiger partial charge in [-0.2, -0.15) is 0 Å². The highest BCUT2D eigenvalue weighted by Gasteiger charge is 2.17. The number of aliphatic hydroxyl groups is 2. The highest BCUT2D eigenvalue weighted by Crippen LogP contribution is 2.15. The summed E-state index contributed by atoms with van der Waals surface area (Å²) in [7, 11) is 0. The molecule has 0 heterocycles. The molecular formula is C49H87NO3. The van der Waals surface area contributed by atoms with E-state index in [1.165, 1.54) is 141 Å². The van der Waals surface area contributed by atoms with Crippen LogP contribution in [0.1, 0.15) is 213 Å². The van der Waals surface area contributed by atoms with Gasteiger partial charge in [-0.15, -0.1) is 0 Å². The summed E-state index contributed by atoms with van der Waals surface area (Å²) >= 11 is 0. The van der Waals surface area contributed by atoms with Crippen molar-refractivity contribution in [3.63, 3.8) is 0 Å². The van der Waals surface area contributed by atoms with Gasteiger partial charge in [0.25, 0.3) is 0 Å². The minimum atomic E-state index is -0.894. The molecule has 0 spiro atoms. The van der Waals surface area contributed by atoms with Crippen LogP contribution in [0.25, 0.3) is 0 Å². The van der Waals surface area contributed by atoms with Crippen LogP contribution >= 0.6 is 0 Å². The molecule has 0 aromatic rings. The van der Waals surface area contributed by atoms with E-state index in [0.717, 1.165) is 44.9 Å². The normalized spacial score (nSPS) is 13.7. The fourth-order valence-electron chi connectivity index (χ4n) is 6.50. The summed E-state index contributed by atoms with van der Waals surface area (Å²) in [6.45, 7) is 4.14. The summed E-state index contributed by atoms with van der Waals surface area (Å²) < 4.78 is 0. The number of carbonyl (C=O) groups excluding carboxylic acids is 1. The van der Waals surface area contributed by atoms with Crippen molar-refractivity contribution in [3.8, 4) is 0 Å². The molecule has 0 aromatic heterocycles. The quantitative estimate of drug-likeness (QED) is 0.0433. The number of amides is 1. The first kappa shape index (κ1) is 50.8. The number of allylic oxidation sites excluding steroid dienone is 11. The third-order valence-corrected chi connectivity index (χ3v) is 9.94. The Morgan fingerprint density at radius 3 is 1.30 bits per heavy atom. The van der Waals surface area contributed by atoms with Gasteiger partial charge < -0.3 is 15.5 Å². The Labute approximate surface area is 329 Å². The SMILES string of the molecule is CC/C=C\C/C=C\C/C=C\C/C=C\CCC(=O)NC(CO)C(O)/C=C/CC/C=C/CCCCCCCCCCCCCCCCCCCCCCCC. The van der Waals surface area contributed by atoms with Crippen molar-refractivity contribution in [2.24, 2.45) is 0 Å². The van der Waals surface area contributed by atoms with Gasteiger partial charge in [0.2, 0.25) is 5.91 Å². The first-order valence-corrected chi connectivity index (χ1v) is 22.7. The van der Waals surface area contributed by atoms with E-state index in [1.54, 1.807) is 6.08 Å². The molecule has 4 heteroatoms. The number of aliphatic hydroxyl groups excluding tert-OH is 2. The van der Waals surface area contributed by atoms with E-state index in [1.807, 2.05) is 12.2 Å². The monoisotopic (exact) mass is 738 g/mol. The second-order valence-electron chi connectivity index (χ2n) is 15.1. The van der Waals surface area contributed by atoms with Gasteiger partial charge in [0, 0.05) is 6.42 Å². The van der Waals surface area contributed by atoms with E-state index in [-0.39, 0.29) is 12.5 Å². The van der Waals surface area contributed by atoms with Gasteiger partial charge in [0.1, 0.15) is 0 Å². The molecule has 0 radical (unpaired) electrons. The zero-order valence-electron chi connectivity index (χ0n) is 35.0. The molecule has 0 aliphatic heterocycles. The third-order valence-electron chi connectivity index (χ3n) is 9.94. The molecule has 0 aliphatic rings. The first-order valence-electron chi connectivity index (χ1n) is 22.7. The average Bonchev–Trinajstić information content (AvgIpc) is 3.16. The molecule has 306 valence electrons. The summed E-state index contributed by atoms with van der Waals surface area (Å²) in [5.41, 5.74) is 0. The smallest absolute Gasteiger partial charge is 0.220 e. The molecule has 0 rings (SSSR count). The number of rotatable bonds is 40. The minimum Gasteiger partial charge on any atom is -0.394 e. The van der Waals surface area contributed by atoms with Crippen molar-refractivity contribution >= 4 is 5.91 Å².